The molecule has 0 saturated carbocycles. The lowest BCUT2D eigenvalue weighted by molar-refractivity contribution is 0.102. The smallest absolute Gasteiger partial charge is 0.275 e. The van der Waals surface area contributed by atoms with E-state index in [1.54, 1.807) is 18.2 Å². The van der Waals surface area contributed by atoms with E-state index in [-0.39, 0.29) is 11.6 Å². The predicted molar refractivity (Wildman–Crippen MR) is 101 cm³/mol. The Balaban J connectivity index is 1.58. The van der Waals surface area contributed by atoms with Crippen LogP contribution in [0.25, 0.3) is 22.6 Å². The van der Waals surface area contributed by atoms with Gasteiger partial charge < -0.3 is 14.5 Å². The van der Waals surface area contributed by atoms with E-state index in [1.165, 1.54) is 19.5 Å². The minimum absolute atomic E-state index is 0.191. The Bertz CT molecular complexity index is 1120. The molecule has 7 heteroatoms. The molecule has 0 spiro atoms. The van der Waals surface area contributed by atoms with E-state index in [1.807, 2.05) is 31.2 Å². The highest BCUT2D eigenvalue weighted by Crippen LogP contribution is 2.26. The van der Waals surface area contributed by atoms with Crippen LogP contribution in [0, 0.1) is 6.92 Å². The second-order valence-electron chi connectivity index (χ2n) is 5.97. The minimum atomic E-state index is -0.369. The number of carbonyl (C=O) groups is 1. The number of amides is 1. The van der Waals surface area contributed by atoms with E-state index in [4.69, 9.17) is 9.15 Å². The number of methoxy groups -OCH3 is 1. The Morgan fingerprint density at radius 1 is 1.11 bits per heavy atom. The standard InChI is InChI=1S/C20H16N4O3/c1-12-4-3-5-13(8-12)20-24-15-9-14(6-7-17(15)27-20)23-19(25)16-10-22-18(26-2)11-21-16/h3-11H,1-2H3,(H,23,25). The summed E-state index contributed by atoms with van der Waals surface area (Å²) in [7, 11) is 1.49. The number of ether oxygens (including phenoxy) is 1. The number of hydrogen-bond acceptors (Lipinski definition) is 6. The molecule has 0 aliphatic rings. The molecule has 134 valence electrons. The van der Waals surface area contributed by atoms with Crippen molar-refractivity contribution in [2.24, 2.45) is 0 Å². The van der Waals surface area contributed by atoms with Gasteiger partial charge in [-0.2, -0.15) is 0 Å². The molecule has 2 aromatic carbocycles. The highest BCUT2D eigenvalue weighted by Gasteiger charge is 2.12. The molecule has 27 heavy (non-hydrogen) atoms. The molecule has 0 bridgehead atoms. The lowest BCUT2D eigenvalue weighted by Crippen LogP contribution is -2.14. The lowest BCUT2D eigenvalue weighted by Gasteiger charge is -2.04. The number of nitrogens with one attached hydrogen (secondary N) is 1. The predicted octanol–water partition coefficient (Wildman–Crippen LogP) is 3.85. The van der Waals surface area contributed by atoms with Gasteiger partial charge in [-0.05, 0) is 37.3 Å². The van der Waals surface area contributed by atoms with Crippen molar-refractivity contribution in [1.29, 1.82) is 0 Å². The number of hydrogen-bond donors (Lipinski definition) is 1. The number of fused-ring (bicyclic) bond motifs is 1. The van der Waals surface area contributed by atoms with Crippen molar-refractivity contribution >= 4 is 22.7 Å². The molecule has 0 radical (unpaired) electrons. The van der Waals surface area contributed by atoms with Crippen molar-refractivity contribution < 1.29 is 13.9 Å². The zero-order valence-electron chi connectivity index (χ0n) is 14.8. The first-order chi connectivity index (χ1) is 13.1. The summed E-state index contributed by atoms with van der Waals surface area (Å²) in [6, 6.07) is 13.2. The summed E-state index contributed by atoms with van der Waals surface area (Å²) in [5.74, 6) is 0.518. The van der Waals surface area contributed by atoms with Crippen LogP contribution in [0.4, 0.5) is 5.69 Å². The molecule has 0 saturated heterocycles. The number of rotatable bonds is 4. The maximum atomic E-state index is 12.3. The van der Waals surface area contributed by atoms with E-state index in [9.17, 15) is 4.79 Å². The van der Waals surface area contributed by atoms with Crippen LogP contribution in [-0.2, 0) is 0 Å². The molecular formula is C20H16N4O3. The summed E-state index contributed by atoms with van der Waals surface area (Å²) < 4.78 is 10.8. The van der Waals surface area contributed by atoms with Gasteiger partial charge in [0.25, 0.3) is 5.91 Å². The third-order valence-electron chi connectivity index (χ3n) is 3.98. The third-order valence-corrected chi connectivity index (χ3v) is 3.98. The van der Waals surface area contributed by atoms with Crippen LogP contribution in [0.2, 0.25) is 0 Å². The molecule has 0 aliphatic carbocycles. The zero-order valence-corrected chi connectivity index (χ0v) is 14.8. The monoisotopic (exact) mass is 360 g/mol. The van der Waals surface area contributed by atoms with Gasteiger partial charge >= 0.3 is 0 Å². The van der Waals surface area contributed by atoms with Crippen molar-refractivity contribution in [3.05, 3.63) is 66.1 Å². The fourth-order valence-electron chi connectivity index (χ4n) is 2.64. The maximum Gasteiger partial charge on any atom is 0.275 e. The summed E-state index contributed by atoms with van der Waals surface area (Å²) in [6.07, 6.45) is 2.75. The van der Waals surface area contributed by atoms with Crippen molar-refractivity contribution in [2.75, 3.05) is 12.4 Å². The van der Waals surface area contributed by atoms with Gasteiger partial charge in [-0.3, -0.25) is 4.79 Å². The van der Waals surface area contributed by atoms with E-state index in [2.05, 4.69) is 20.3 Å². The quantitative estimate of drug-likeness (QED) is 0.594. The number of carbonyl (C=O) groups excluding carboxylic acids is 1. The summed E-state index contributed by atoms with van der Waals surface area (Å²) in [6.45, 7) is 2.02. The number of nitrogens with zero attached hydrogens (tertiary/aromatic N) is 3. The average Bonchev–Trinajstić information content (AvgIpc) is 3.11. The highest BCUT2D eigenvalue weighted by atomic mass is 16.5. The second kappa shape index (κ2) is 6.87. The van der Waals surface area contributed by atoms with Gasteiger partial charge in [0.1, 0.15) is 11.2 Å². The normalized spacial score (nSPS) is 10.7. The van der Waals surface area contributed by atoms with Crippen LogP contribution in [0.1, 0.15) is 16.1 Å². The third kappa shape index (κ3) is 3.48. The number of aromatic nitrogens is 3. The fraction of sp³-hybridized carbons (Fsp3) is 0.100. The van der Waals surface area contributed by atoms with E-state index >= 15 is 0 Å². The van der Waals surface area contributed by atoms with Crippen LogP contribution in [-0.4, -0.2) is 28.0 Å². The Morgan fingerprint density at radius 2 is 2.00 bits per heavy atom. The van der Waals surface area contributed by atoms with Crippen LogP contribution in [0.3, 0.4) is 0 Å². The van der Waals surface area contributed by atoms with Gasteiger partial charge in [-0.1, -0.05) is 17.7 Å². The van der Waals surface area contributed by atoms with Crippen LogP contribution < -0.4 is 10.1 Å². The van der Waals surface area contributed by atoms with Crippen LogP contribution >= 0.6 is 0 Å². The van der Waals surface area contributed by atoms with Crippen LogP contribution in [0.15, 0.2) is 59.3 Å². The lowest BCUT2D eigenvalue weighted by atomic mass is 10.1. The fourth-order valence-corrected chi connectivity index (χ4v) is 2.64. The van der Waals surface area contributed by atoms with E-state index < -0.39 is 0 Å². The van der Waals surface area contributed by atoms with Gasteiger partial charge in [0.05, 0.1) is 19.5 Å². The zero-order chi connectivity index (χ0) is 18.8. The number of oxazole rings is 1. The van der Waals surface area contributed by atoms with Gasteiger partial charge in [-0.15, -0.1) is 0 Å². The minimum Gasteiger partial charge on any atom is -0.480 e. The molecule has 0 atom stereocenters. The molecule has 4 rings (SSSR count). The molecular weight excluding hydrogens is 344 g/mol. The van der Waals surface area contributed by atoms with Crippen molar-refractivity contribution in [2.45, 2.75) is 6.92 Å². The van der Waals surface area contributed by atoms with Gasteiger partial charge in [0.2, 0.25) is 11.8 Å². The van der Waals surface area contributed by atoms with Gasteiger partial charge in [0.15, 0.2) is 5.58 Å². The summed E-state index contributed by atoms with van der Waals surface area (Å²) >= 11 is 0. The summed E-state index contributed by atoms with van der Waals surface area (Å²) in [5.41, 5.74) is 4.12. The Hall–Kier alpha value is -3.74. The maximum absolute atomic E-state index is 12.3. The molecule has 4 aromatic rings. The van der Waals surface area contributed by atoms with Crippen molar-refractivity contribution in [1.82, 2.24) is 15.0 Å². The summed E-state index contributed by atoms with van der Waals surface area (Å²) in [4.78, 5) is 24.8. The topological polar surface area (TPSA) is 90.1 Å². The molecule has 2 aromatic heterocycles. The number of anilines is 1. The molecule has 2 heterocycles. The number of aryl methyl sites for hydroxylation is 1. The molecule has 7 nitrogen and oxygen atoms in total. The highest BCUT2D eigenvalue weighted by molar-refractivity contribution is 6.03. The first-order valence-electron chi connectivity index (χ1n) is 8.27. The summed E-state index contributed by atoms with van der Waals surface area (Å²) in [5, 5.41) is 2.78. The molecule has 0 fully saturated rings. The van der Waals surface area contributed by atoms with Gasteiger partial charge in [0, 0.05) is 11.3 Å². The SMILES string of the molecule is COc1cnc(C(=O)Nc2ccc3oc(-c4cccc(C)c4)nc3c2)cn1. The Labute approximate surface area is 155 Å². The molecule has 1 N–H and O–H groups in total. The first kappa shape index (κ1) is 16.7. The van der Waals surface area contributed by atoms with E-state index in [0.717, 1.165) is 11.1 Å². The largest absolute Gasteiger partial charge is 0.480 e. The van der Waals surface area contributed by atoms with Gasteiger partial charge in [-0.25, -0.2) is 15.0 Å². The Morgan fingerprint density at radius 3 is 2.74 bits per heavy atom. The van der Waals surface area contributed by atoms with Crippen molar-refractivity contribution in [3.63, 3.8) is 0 Å². The first-order valence-corrected chi connectivity index (χ1v) is 8.27. The Kier molecular flexibility index (Phi) is 4.25. The second-order valence-corrected chi connectivity index (χ2v) is 5.97. The van der Waals surface area contributed by atoms with Crippen LogP contribution in [0.5, 0.6) is 5.88 Å². The molecule has 0 unspecified atom stereocenters. The van der Waals surface area contributed by atoms with E-state index in [0.29, 0.717) is 28.6 Å². The number of benzene rings is 2. The molecule has 1 amide bonds. The average molecular weight is 360 g/mol. The molecule has 0 aliphatic heterocycles. The van der Waals surface area contributed by atoms with Crippen molar-refractivity contribution in [3.8, 4) is 17.3 Å².